The molecule has 0 bridgehead atoms. The molecule has 1 aliphatic rings. The van der Waals surface area contributed by atoms with Crippen molar-refractivity contribution in [3.8, 4) is 0 Å². The molecule has 1 aromatic rings. The molecule has 0 amide bonds. The number of hydrogen-bond acceptors (Lipinski definition) is 0. The van der Waals surface area contributed by atoms with Crippen LogP contribution in [-0.2, 0) is 0 Å². The molecule has 0 unspecified atom stereocenters. The van der Waals surface area contributed by atoms with Crippen LogP contribution in [0.25, 0.3) is 0 Å². The molecule has 1 saturated carbocycles. The van der Waals surface area contributed by atoms with Gasteiger partial charge in [0.1, 0.15) is 6.04 Å². The van der Waals surface area contributed by atoms with Crippen molar-refractivity contribution in [3.63, 3.8) is 0 Å². The van der Waals surface area contributed by atoms with E-state index in [9.17, 15) is 0 Å². The lowest BCUT2D eigenvalue weighted by Gasteiger charge is -2.19. The molecular weight excluding hydrogens is 142 g/mol. The van der Waals surface area contributed by atoms with Crippen molar-refractivity contribution >= 4 is 0 Å². The lowest BCUT2D eigenvalue weighted by atomic mass is 9.96. The summed E-state index contributed by atoms with van der Waals surface area (Å²) < 4.78 is 0. The third-order valence-corrected chi connectivity index (χ3v) is 2.14. The zero-order valence-electron chi connectivity index (χ0n) is 6.48. The molecule has 0 aromatic carbocycles. The molecule has 0 aliphatic heterocycles. The van der Waals surface area contributed by atoms with Crippen molar-refractivity contribution in [3.05, 3.63) is 6.04 Å². The zero-order chi connectivity index (χ0) is 7.52. The van der Waals surface area contributed by atoms with Crippen LogP contribution in [0.1, 0.15) is 32.1 Å². The highest BCUT2D eigenvalue weighted by Gasteiger charge is 2.15. The highest BCUT2D eigenvalue weighted by Crippen LogP contribution is 2.24. The van der Waals surface area contributed by atoms with E-state index in [1.54, 1.807) is 0 Å². The van der Waals surface area contributed by atoms with Gasteiger partial charge in [0.15, 0.2) is 0 Å². The molecule has 1 heterocycles. The minimum Gasteiger partial charge on any atom is -0.213 e. The van der Waals surface area contributed by atoms with E-state index in [0.29, 0.717) is 0 Å². The van der Waals surface area contributed by atoms with Gasteiger partial charge in [-0.1, -0.05) is 19.3 Å². The van der Waals surface area contributed by atoms with Gasteiger partial charge in [-0.05, 0) is 12.8 Å². The fraction of sp³-hybridized carbons (Fsp3) is 0.833. The van der Waals surface area contributed by atoms with Gasteiger partial charge in [0.25, 0.3) is 0 Å². The summed E-state index contributed by atoms with van der Waals surface area (Å²) in [5.41, 5.74) is 0. The largest absolute Gasteiger partial charge is 0.213 e. The lowest BCUT2D eigenvalue weighted by Crippen LogP contribution is -2.16. The normalized spacial score (nSPS) is 20.4. The summed E-state index contributed by atoms with van der Waals surface area (Å²) in [6, 6.07) is 1.42. The second kappa shape index (κ2) is 2.94. The van der Waals surface area contributed by atoms with Gasteiger partial charge in [0, 0.05) is 0 Å². The Hall–Kier alpha value is -1.00. The fourth-order valence-electron chi connectivity index (χ4n) is 1.54. The smallest absolute Gasteiger partial charge is 0.108 e. The van der Waals surface area contributed by atoms with Gasteiger partial charge < -0.3 is 0 Å². The Morgan fingerprint density at radius 1 is 0.909 bits per heavy atom. The van der Waals surface area contributed by atoms with Gasteiger partial charge >= 0.3 is 0 Å². The Balaban J connectivity index is 2.04. The lowest BCUT2D eigenvalue weighted by molar-refractivity contribution is 0.428. The van der Waals surface area contributed by atoms with Crippen molar-refractivity contribution in [2.24, 2.45) is 0 Å². The Kier molecular flexibility index (Phi) is 1.79. The molecule has 5 nitrogen and oxygen atoms in total. The first-order chi connectivity index (χ1) is 5.47. The van der Waals surface area contributed by atoms with Crippen LogP contribution in [0.3, 0.4) is 0 Å². The van der Waals surface area contributed by atoms with E-state index in [0.717, 1.165) is 0 Å². The quantitative estimate of drug-likeness (QED) is 0.473. The van der Waals surface area contributed by atoms with E-state index in [1.165, 1.54) is 38.1 Å². The Bertz CT molecular complexity index is 201. The van der Waals surface area contributed by atoms with Crippen molar-refractivity contribution in [1.29, 1.82) is 0 Å². The summed E-state index contributed by atoms with van der Waals surface area (Å²) in [5, 5.41) is 11.4. The molecule has 2 rings (SSSR count). The number of nitrogens with zero attached hydrogens (tertiary/aromatic N) is 1. The topological polar surface area (TPSA) is 68.1 Å². The minimum atomic E-state index is 1.20. The van der Waals surface area contributed by atoms with Gasteiger partial charge in [0.2, 0.25) is 0 Å². The summed E-state index contributed by atoms with van der Waals surface area (Å²) in [6.45, 7) is 0. The monoisotopic (exact) mass is 156 g/mol. The molecule has 1 radical (unpaired) electrons. The molecule has 1 fully saturated rings. The van der Waals surface area contributed by atoms with Gasteiger partial charge in [0.05, 0.1) is 0 Å². The van der Waals surface area contributed by atoms with Gasteiger partial charge in [-0.3, -0.25) is 0 Å². The highest BCUT2D eigenvalue weighted by molar-refractivity contribution is 4.88. The van der Waals surface area contributed by atoms with Gasteiger partial charge in [-0.25, -0.2) is 20.9 Å². The molecule has 0 saturated heterocycles. The molecule has 1 aromatic heterocycles. The average Bonchev–Trinajstić information content (AvgIpc) is 2.58. The SMILES string of the molecule is C1CC[C](n2[nH][nH][nH][nH]2)CC1. The van der Waals surface area contributed by atoms with Crippen LogP contribution >= 0.6 is 0 Å². The molecule has 0 spiro atoms. The van der Waals surface area contributed by atoms with Crippen LogP contribution in [0, 0.1) is 6.04 Å². The number of aromatic amines is 4. The summed E-state index contributed by atoms with van der Waals surface area (Å²) in [7, 11) is 0. The van der Waals surface area contributed by atoms with E-state index < -0.39 is 0 Å². The van der Waals surface area contributed by atoms with Crippen LogP contribution in [0.15, 0.2) is 0 Å². The predicted molar refractivity (Wildman–Crippen MR) is 41.2 cm³/mol. The van der Waals surface area contributed by atoms with Crippen LogP contribution < -0.4 is 0 Å². The predicted octanol–water partition coefficient (Wildman–Crippen LogP) is 1.27. The first-order valence-corrected chi connectivity index (χ1v) is 4.13. The first kappa shape index (κ1) is 6.69. The summed E-state index contributed by atoms with van der Waals surface area (Å²) >= 11 is 0. The maximum Gasteiger partial charge on any atom is 0.108 e. The van der Waals surface area contributed by atoms with Crippen molar-refractivity contribution < 1.29 is 0 Å². The fourth-order valence-corrected chi connectivity index (χ4v) is 1.54. The van der Waals surface area contributed by atoms with E-state index >= 15 is 0 Å². The zero-order valence-corrected chi connectivity index (χ0v) is 6.48. The molecule has 5 heteroatoms. The van der Waals surface area contributed by atoms with Crippen molar-refractivity contribution in [2.45, 2.75) is 32.1 Å². The molecule has 4 N–H and O–H groups in total. The number of aromatic nitrogens is 5. The second-order valence-electron chi connectivity index (χ2n) is 2.94. The number of H-pyrrole nitrogens is 4. The molecule has 0 atom stereocenters. The van der Waals surface area contributed by atoms with E-state index in [2.05, 4.69) is 20.9 Å². The van der Waals surface area contributed by atoms with Gasteiger partial charge in [-0.15, -0.1) is 0 Å². The summed E-state index contributed by atoms with van der Waals surface area (Å²) in [6.07, 6.45) is 6.40. The highest BCUT2D eigenvalue weighted by atomic mass is 15.7. The second-order valence-corrected chi connectivity index (χ2v) is 2.94. The van der Waals surface area contributed by atoms with Crippen molar-refractivity contribution in [1.82, 2.24) is 25.7 Å². The maximum atomic E-state index is 2.95. The Labute approximate surface area is 64.8 Å². The van der Waals surface area contributed by atoms with Crippen LogP contribution in [-0.4, -0.2) is 25.7 Å². The standard InChI is InChI=1S/C6H14N5/c1-2-4-6(5-3-1)11-9-7-8-10-11/h7-10H,1-5H2. The molecular formula is C6H14N5. The number of nitrogens with one attached hydrogen (secondary N) is 4. The van der Waals surface area contributed by atoms with Crippen LogP contribution in [0.4, 0.5) is 0 Å². The third-order valence-electron chi connectivity index (χ3n) is 2.14. The van der Waals surface area contributed by atoms with Gasteiger partial charge in [-0.2, -0.15) is 4.80 Å². The van der Waals surface area contributed by atoms with Crippen molar-refractivity contribution in [2.75, 3.05) is 0 Å². The van der Waals surface area contributed by atoms with E-state index in [-0.39, 0.29) is 0 Å². The van der Waals surface area contributed by atoms with Crippen LogP contribution in [0.5, 0.6) is 0 Å². The Morgan fingerprint density at radius 3 is 2.18 bits per heavy atom. The third kappa shape index (κ3) is 1.36. The van der Waals surface area contributed by atoms with E-state index in [4.69, 9.17) is 0 Å². The molecule has 1 aliphatic carbocycles. The first-order valence-electron chi connectivity index (χ1n) is 4.13. The summed E-state index contributed by atoms with van der Waals surface area (Å²) in [4.78, 5) is 1.92. The molecule has 11 heavy (non-hydrogen) atoms. The summed E-state index contributed by atoms with van der Waals surface area (Å²) in [5.74, 6) is 0. The van der Waals surface area contributed by atoms with Crippen LogP contribution in [0.2, 0.25) is 0 Å². The number of hydrogen-bond donors (Lipinski definition) is 4. The minimum absolute atomic E-state index is 1.20. The van der Waals surface area contributed by atoms with E-state index in [1.807, 2.05) is 4.80 Å². The maximum absolute atomic E-state index is 2.95. The Morgan fingerprint density at radius 2 is 1.55 bits per heavy atom. The molecule has 63 valence electrons. The number of rotatable bonds is 1. The average molecular weight is 156 g/mol.